The summed E-state index contributed by atoms with van der Waals surface area (Å²) in [6.07, 6.45) is 5.55. The molecule has 0 unspecified atom stereocenters. The van der Waals surface area contributed by atoms with E-state index in [2.05, 4.69) is 22.5 Å². The summed E-state index contributed by atoms with van der Waals surface area (Å²) < 4.78 is 11.1. The number of H-pyrrole nitrogens is 1. The number of amides is 2. The molecule has 0 spiro atoms. The molecule has 2 amide bonds. The highest BCUT2D eigenvalue weighted by Crippen LogP contribution is 2.29. The van der Waals surface area contributed by atoms with Gasteiger partial charge in [0.05, 0.1) is 18.8 Å². The third-order valence-corrected chi connectivity index (χ3v) is 4.93. The van der Waals surface area contributed by atoms with E-state index in [1.165, 1.54) is 0 Å². The summed E-state index contributed by atoms with van der Waals surface area (Å²) in [7, 11) is 1.67. The molecule has 0 radical (unpaired) electrons. The largest absolute Gasteiger partial charge is 0.496 e. The SMILES string of the molecule is C=C(/C=C(\OC)c1ccc2[nH]ncc2c1)C1CCN(C(=O)OC(C)(C)C)CC1.NC=O. The molecular formula is C23H32N4O4. The number of piperidine rings is 1. The zero-order chi connectivity index (χ0) is 23.0. The molecule has 1 fully saturated rings. The lowest BCUT2D eigenvalue weighted by Gasteiger charge is -2.33. The first-order chi connectivity index (χ1) is 14.7. The number of aromatic amines is 1. The molecule has 2 aromatic rings. The first-order valence-corrected chi connectivity index (χ1v) is 10.2. The van der Waals surface area contributed by atoms with Gasteiger partial charge in [-0.15, -0.1) is 0 Å². The highest BCUT2D eigenvalue weighted by molar-refractivity contribution is 5.82. The van der Waals surface area contributed by atoms with Crippen LogP contribution in [0.4, 0.5) is 4.79 Å². The average molecular weight is 429 g/mol. The summed E-state index contributed by atoms with van der Waals surface area (Å²) in [5.74, 6) is 1.10. The van der Waals surface area contributed by atoms with Crippen LogP contribution in [0.3, 0.4) is 0 Å². The van der Waals surface area contributed by atoms with E-state index >= 15 is 0 Å². The summed E-state index contributed by atoms with van der Waals surface area (Å²) >= 11 is 0. The Morgan fingerprint density at radius 1 is 1.32 bits per heavy atom. The van der Waals surface area contributed by atoms with Crippen molar-refractivity contribution in [2.75, 3.05) is 20.2 Å². The summed E-state index contributed by atoms with van der Waals surface area (Å²) in [5, 5.41) is 8.05. The van der Waals surface area contributed by atoms with Gasteiger partial charge in [-0.05, 0) is 69.4 Å². The topological polar surface area (TPSA) is 111 Å². The number of rotatable bonds is 4. The van der Waals surface area contributed by atoms with Gasteiger partial charge >= 0.3 is 6.09 Å². The fourth-order valence-corrected chi connectivity index (χ4v) is 3.40. The smallest absolute Gasteiger partial charge is 0.410 e. The molecule has 1 aliphatic rings. The monoisotopic (exact) mass is 428 g/mol. The number of hydrogen-bond acceptors (Lipinski definition) is 5. The second-order valence-electron chi connectivity index (χ2n) is 8.34. The van der Waals surface area contributed by atoms with Crippen molar-refractivity contribution < 1.29 is 19.1 Å². The Hall–Kier alpha value is -3.29. The molecule has 1 aromatic heterocycles. The van der Waals surface area contributed by atoms with Gasteiger partial charge in [0.15, 0.2) is 0 Å². The van der Waals surface area contributed by atoms with Gasteiger partial charge in [-0.1, -0.05) is 6.58 Å². The lowest BCUT2D eigenvalue weighted by atomic mass is 9.89. The van der Waals surface area contributed by atoms with Crippen LogP contribution in [-0.2, 0) is 14.3 Å². The third-order valence-electron chi connectivity index (χ3n) is 4.93. The highest BCUT2D eigenvalue weighted by atomic mass is 16.6. The van der Waals surface area contributed by atoms with E-state index in [9.17, 15) is 4.79 Å². The Bertz CT molecular complexity index is 934. The van der Waals surface area contributed by atoms with Crippen molar-refractivity contribution in [2.24, 2.45) is 11.7 Å². The summed E-state index contributed by atoms with van der Waals surface area (Å²) in [6.45, 7) is 11.3. The molecule has 31 heavy (non-hydrogen) atoms. The molecular weight excluding hydrogens is 396 g/mol. The standard InChI is InChI=1S/C22H29N3O3.CH3NO/c1-15(16-8-10-25(11-9-16)21(26)28-22(2,3)4)12-20(27-5)17-6-7-19-18(13-17)14-23-24-19;2-1-3/h6-7,12-14,16H,1,8-11H2,2-5H3,(H,23,24);1H,(H2,2,3)/b20-12-;. The van der Waals surface area contributed by atoms with Crippen LogP contribution in [-0.4, -0.2) is 53.4 Å². The molecule has 8 heteroatoms. The Morgan fingerprint density at radius 3 is 2.55 bits per heavy atom. The first kappa shape index (κ1) is 24.0. The molecule has 0 aliphatic carbocycles. The Balaban J connectivity index is 0.00000107. The number of likely N-dealkylation sites (tertiary alicyclic amines) is 1. The maximum atomic E-state index is 12.2. The van der Waals surface area contributed by atoms with Gasteiger partial charge in [-0.25, -0.2) is 4.79 Å². The molecule has 1 aromatic carbocycles. The van der Waals surface area contributed by atoms with Gasteiger partial charge in [0.2, 0.25) is 6.41 Å². The van der Waals surface area contributed by atoms with Crippen molar-refractivity contribution in [3.05, 3.63) is 48.2 Å². The summed E-state index contributed by atoms with van der Waals surface area (Å²) in [5.41, 5.74) is 6.70. The van der Waals surface area contributed by atoms with Gasteiger partial charge in [0, 0.05) is 24.0 Å². The molecule has 8 nitrogen and oxygen atoms in total. The van der Waals surface area contributed by atoms with Crippen molar-refractivity contribution in [2.45, 2.75) is 39.2 Å². The Labute approximate surface area is 183 Å². The van der Waals surface area contributed by atoms with Crippen molar-refractivity contribution in [1.82, 2.24) is 15.1 Å². The number of allylic oxidation sites excluding steroid dienone is 2. The van der Waals surface area contributed by atoms with E-state index in [-0.39, 0.29) is 12.5 Å². The highest BCUT2D eigenvalue weighted by Gasteiger charge is 2.27. The number of ether oxygens (including phenoxy) is 2. The summed E-state index contributed by atoms with van der Waals surface area (Å²) in [6, 6.07) is 6.05. The maximum Gasteiger partial charge on any atom is 0.410 e. The van der Waals surface area contributed by atoms with Crippen LogP contribution in [0.5, 0.6) is 0 Å². The van der Waals surface area contributed by atoms with E-state index in [0.29, 0.717) is 19.0 Å². The normalized spacial score (nSPS) is 15.1. The molecule has 168 valence electrons. The Kier molecular flexibility index (Phi) is 8.24. The van der Waals surface area contributed by atoms with Crippen LogP contribution in [0.15, 0.2) is 42.6 Å². The number of primary amides is 1. The predicted molar refractivity (Wildman–Crippen MR) is 121 cm³/mol. The zero-order valence-corrected chi connectivity index (χ0v) is 18.7. The Morgan fingerprint density at radius 2 is 1.97 bits per heavy atom. The summed E-state index contributed by atoms with van der Waals surface area (Å²) in [4.78, 5) is 22.6. The third kappa shape index (κ3) is 6.87. The lowest BCUT2D eigenvalue weighted by molar-refractivity contribution is -0.106. The molecule has 0 bridgehead atoms. The number of methoxy groups -OCH3 is 1. The molecule has 0 atom stereocenters. The first-order valence-electron chi connectivity index (χ1n) is 10.2. The van der Waals surface area contributed by atoms with Gasteiger partial charge in [-0.3, -0.25) is 9.89 Å². The van der Waals surface area contributed by atoms with Crippen LogP contribution < -0.4 is 5.73 Å². The maximum absolute atomic E-state index is 12.2. The number of hydrogen-bond donors (Lipinski definition) is 2. The molecule has 0 saturated carbocycles. The van der Waals surface area contributed by atoms with Crippen LogP contribution in [0, 0.1) is 5.92 Å². The van der Waals surface area contributed by atoms with Crippen molar-refractivity contribution in [3.8, 4) is 0 Å². The minimum Gasteiger partial charge on any atom is -0.496 e. The molecule has 1 saturated heterocycles. The number of nitrogens with two attached hydrogens (primary N) is 1. The number of carbonyl (C=O) groups is 2. The van der Waals surface area contributed by atoms with E-state index in [0.717, 1.165) is 40.6 Å². The van der Waals surface area contributed by atoms with E-state index in [1.807, 2.05) is 45.0 Å². The van der Waals surface area contributed by atoms with Crippen LogP contribution >= 0.6 is 0 Å². The second kappa shape index (κ2) is 10.7. The number of nitrogens with zero attached hydrogens (tertiary/aromatic N) is 2. The molecule has 3 N–H and O–H groups in total. The van der Waals surface area contributed by atoms with Crippen LogP contribution in [0.1, 0.15) is 39.2 Å². The van der Waals surface area contributed by atoms with Crippen LogP contribution in [0.25, 0.3) is 16.7 Å². The number of aromatic nitrogens is 2. The van der Waals surface area contributed by atoms with Gasteiger partial charge in [-0.2, -0.15) is 5.10 Å². The van der Waals surface area contributed by atoms with Crippen LogP contribution in [0.2, 0.25) is 0 Å². The van der Waals surface area contributed by atoms with Gasteiger partial charge in [0.1, 0.15) is 11.4 Å². The number of fused-ring (bicyclic) bond motifs is 1. The quantitative estimate of drug-likeness (QED) is 0.436. The molecule has 1 aliphatic heterocycles. The fourth-order valence-electron chi connectivity index (χ4n) is 3.40. The van der Waals surface area contributed by atoms with E-state index in [1.54, 1.807) is 18.2 Å². The van der Waals surface area contributed by atoms with Crippen molar-refractivity contribution in [3.63, 3.8) is 0 Å². The van der Waals surface area contributed by atoms with Crippen molar-refractivity contribution >= 4 is 29.2 Å². The van der Waals surface area contributed by atoms with E-state index < -0.39 is 5.60 Å². The zero-order valence-electron chi connectivity index (χ0n) is 18.7. The predicted octanol–water partition coefficient (Wildman–Crippen LogP) is 3.86. The minimum absolute atomic E-state index is 0.238. The van der Waals surface area contributed by atoms with Gasteiger partial charge in [0.25, 0.3) is 0 Å². The van der Waals surface area contributed by atoms with E-state index in [4.69, 9.17) is 14.3 Å². The molecule has 2 heterocycles. The minimum atomic E-state index is -0.469. The number of carbonyl (C=O) groups excluding carboxylic acids is 2. The average Bonchev–Trinajstić information content (AvgIpc) is 3.19. The fraction of sp³-hybridized carbons (Fsp3) is 0.435. The number of nitrogens with one attached hydrogen (secondary N) is 1. The van der Waals surface area contributed by atoms with Crippen molar-refractivity contribution in [1.29, 1.82) is 0 Å². The number of benzene rings is 1. The molecule has 3 rings (SSSR count). The second-order valence-corrected chi connectivity index (χ2v) is 8.34. The van der Waals surface area contributed by atoms with Gasteiger partial charge < -0.3 is 20.1 Å². The lowest BCUT2D eigenvalue weighted by Crippen LogP contribution is -2.41.